The molecule has 0 spiro atoms. The second kappa shape index (κ2) is 42.2. The van der Waals surface area contributed by atoms with Gasteiger partial charge in [0.1, 0.15) is 5.75 Å². The van der Waals surface area contributed by atoms with E-state index in [1.54, 1.807) is 6.21 Å². The van der Waals surface area contributed by atoms with Gasteiger partial charge in [-0.15, -0.1) is 6.58 Å². The Kier molecular flexibility index (Phi) is 33.3. The Hall–Kier alpha value is -9.09. The summed E-state index contributed by atoms with van der Waals surface area (Å²) >= 11 is 0. The minimum absolute atomic E-state index is 0.0290. The molecule has 0 unspecified atom stereocenters. The Labute approximate surface area is 669 Å². The van der Waals surface area contributed by atoms with Crippen LogP contribution in [0.3, 0.4) is 0 Å². The molecule has 0 bridgehead atoms. The predicted molar refractivity (Wildman–Crippen MR) is 475 cm³/mol. The Morgan fingerprint density at radius 1 is 0.536 bits per heavy atom. The zero-order chi connectivity index (χ0) is 80.8. The monoisotopic (exact) mass is 1560 g/mol. The number of carbonyl (C=O) groups is 1. The molecule has 4 N–H and O–H groups in total. The van der Waals surface area contributed by atoms with Crippen LogP contribution in [0.5, 0.6) is 5.75 Å². The lowest BCUT2D eigenvalue weighted by Gasteiger charge is -2.34. The number of phenolic OH excluding ortho intramolecular Hbond substituents is 1. The molecule has 12 rings (SSSR count). The number of amides is 1. The molecular formula is C96H117BN5O7P3. The SMILES string of the molecule is C/C=C/CB1OC(C)(C)C(C)(C)O1.C=C[C@@H](C)[C@@H](NP(=O)(c1ccccc1)c1ccccc1)c1ccccc1.CC(C)(C)c1cccc(CN[C@H](C(=O)N2CCCC2)C(C)(C)C)c1O.CC=CC[C@@H](NP(=O)(c1ccccc1)c1ccccc1)c1ccccc1.O=P(N=Cc1ccccc1)(c1ccccc1)c1ccccc1. The highest BCUT2D eigenvalue weighted by Crippen LogP contribution is 2.47. The van der Waals surface area contributed by atoms with Gasteiger partial charge in [-0.2, -0.15) is 0 Å². The first kappa shape index (κ1) is 88.5. The summed E-state index contributed by atoms with van der Waals surface area (Å²) in [6.07, 6.45) is 15.7. The molecule has 586 valence electrons. The van der Waals surface area contributed by atoms with Crippen LogP contribution in [0.4, 0.5) is 0 Å². The van der Waals surface area contributed by atoms with Crippen molar-refractivity contribution in [1.82, 2.24) is 20.4 Å². The van der Waals surface area contributed by atoms with Crippen molar-refractivity contribution in [1.29, 1.82) is 0 Å². The minimum atomic E-state index is -3.02. The highest BCUT2D eigenvalue weighted by Gasteiger charge is 2.50. The largest absolute Gasteiger partial charge is 0.507 e. The number of carbonyl (C=O) groups excluding carboxylic acids is 1. The van der Waals surface area contributed by atoms with Gasteiger partial charge in [-0.05, 0) is 173 Å². The third-order valence-corrected chi connectivity index (χ3v) is 28.1. The van der Waals surface area contributed by atoms with Crippen molar-refractivity contribution in [2.24, 2.45) is 16.1 Å². The van der Waals surface area contributed by atoms with Gasteiger partial charge in [-0.3, -0.25) is 28.7 Å². The van der Waals surface area contributed by atoms with E-state index >= 15 is 0 Å². The van der Waals surface area contributed by atoms with Crippen LogP contribution in [0.1, 0.15) is 149 Å². The Bertz CT molecular complexity index is 4570. The quantitative estimate of drug-likeness (QED) is 0.0199. The van der Waals surface area contributed by atoms with Gasteiger partial charge < -0.3 is 24.6 Å². The molecule has 10 aromatic rings. The number of nitrogens with zero attached hydrogens (tertiary/aromatic N) is 2. The highest BCUT2D eigenvalue weighted by molar-refractivity contribution is 7.78. The summed E-state index contributed by atoms with van der Waals surface area (Å²) in [7, 11) is -9.08. The summed E-state index contributed by atoms with van der Waals surface area (Å²) in [6, 6.07) is 93.2. The molecule has 2 aliphatic heterocycles. The van der Waals surface area contributed by atoms with E-state index < -0.39 is 21.9 Å². The second-order valence-corrected chi connectivity index (χ2v) is 38.7. The van der Waals surface area contributed by atoms with Crippen molar-refractivity contribution in [3.8, 4) is 5.75 Å². The predicted octanol–water partition coefficient (Wildman–Crippen LogP) is 20.8. The summed E-state index contributed by atoms with van der Waals surface area (Å²) in [5, 5.41) is 25.9. The first-order valence-corrected chi connectivity index (χ1v) is 44.1. The van der Waals surface area contributed by atoms with Gasteiger partial charge in [0, 0.05) is 81.6 Å². The van der Waals surface area contributed by atoms with Crippen LogP contribution in [-0.4, -0.2) is 59.6 Å². The lowest BCUT2D eigenvalue weighted by molar-refractivity contribution is -0.135. The van der Waals surface area contributed by atoms with E-state index in [4.69, 9.17) is 9.31 Å². The summed E-state index contributed by atoms with van der Waals surface area (Å²) < 4.78 is 58.2. The fraction of sp³-hybridized carbons (Fsp3) is 0.292. The van der Waals surface area contributed by atoms with Gasteiger partial charge >= 0.3 is 7.12 Å². The van der Waals surface area contributed by atoms with Crippen LogP contribution in [-0.2, 0) is 39.8 Å². The van der Waals surface area contributed by atoms with Crippen LogP contribution in [0.15, 0.2) is 333 Å². The molecule has 4 atom stereocenters. The van der Waals surface area contributed by atoms with E-state index in [-0.39, 0.29) is 59.1 Å². The van der Waals surface area contributed by atoms with Crippen LogP contribution < -0.4 is 47.3 Å². The molecule has 2 fully saturated rings. The van der Waals surface area contributed by atoms with Crippen LogP contribution >= 0.6 is 21.9 Å². The number of para-hydroxylation sites is 1. The van der Waals surface area contributed by atoms with E-state index in [1.807, 2.05) is 304 Å². The summed E-state index contributed by atoms with van der Waals surface area (Å²) in [6.45, 7) is 33.1. The van der Waals surface area contributed by atoms with Crippen molar-refractivity contribution in [2.45, 2.75) is 157 Å². The zero-order valence-electron chi connectivity index (χ0n) is 67.9. The molecule has 1 amide bonds. The maximum Gasteiger partial charge on any atom is 0.461 e. The van der Waals surface area contributed by atoms with Crippen molar-refractivity contribution in [2.75, 3.05) is 13.1 Å². The number of benzene rings is 10. The maximum atomic E-state index is 14.3. The smallest absolute Gasteiger partial charge is 0.461 e. The molecule has 10 aromatic carbocycles. The minimum Gasteiger partial charge on any atom is -0.507 e. The van der Waals surface area contributed by atoms with Crippen molar-refractivity contribution in [3.05, 3.63) is 356 Å². The number of nitrogens with one attached hydrogen (secondary N) is 3. The Morgan fingerprint density at radius 3 is 1.31 bits per heavy atom. The van der Waals surface area contributed by atoms with Crippen LogP contribution in [0.25, 0.3) is 0 Å². The molecule has 2 aliphatic rings. The van der Waals surface area contributed by atoms with E-state index in [9.17, 15) is 23.6 Å². The number of phenols is 1. The second-order valence-electron chi connectivity index (χ2n) is 31.2. The van der Waals surface area contributed by atoms with Gasteiger partial charge in [-0.25, -0.2) is 4.76 Å². The average molecular weight is 1560 g/mol. The van der Waals surface area contributed by atoms with E-state index in [0.717, 1.165) is 98.3 Å². The number of aromatic hydroxyl groups is 1. The molecule has 12 nitrogen and oxygen atoms in total. The first-order valence-electron chi connectivity index (χ1n) is 39.0. The third-order valence-electron chi connectivity index (χ3n) is 20.2. The Morgan fingerprint density at radius 2 is 0.920 bits per heavy atom. The van der Waals surface area contributed by atoms with Gasteiger partial charge in [0.25, 0.3) is 0 Å². The number of hydrogen-bond acceptors (Lipinski definition) is 8. The fourth-order valence-corrected chi connectivity index (χ4v) is 20.1. The topological polar surface area (TPSA) is 159 Å². The lowest BCUT2D eigenvalue weighted by Crippen LogP contribution is -2.52. The summed E-state index contributed by atoms with van der Waals surface area (Å²) in [4.78, 5) is 14.9. The van der Waals surface area contributed by atoms with Gasteiger partial charge in [0.2, 0.25) is 27.8 Å². The van der Waals surface area contributed by atoms with Crippen LogP contribution in [0, 0.1) is 11.3 Å². The fourth-order valence-electron chi connectivity index (χ4n) is 13.0. The first-order chi connectivity index (χ1) is 53.6. The lowest BCUT2D eigenvalue weighted by atomic mass is 9.84. The molecule has 0 aliphatic carbocycles. The van der Waals surface area contributed by atoms with E-state index in [1.165, 1.54) is 0 Å². The molecule has 0 radical (unpaired) electrons. The molecule has 0 aromatic heterocycles. The molecule has 112 heavy (non-hydrogen) atoms. The average Bonchev–Trinajstić information content (AvgIpc) is 1.04. The summed E-state index contributed by atoms with van der Waals surface area (Å²) in [5.41, 5.74) is 4.27. The van der Waals surface area contributed by atoms with E-state index in [2.05, 4.69) is 139 Å². The van der Waals surface area contributed by atoms with Crippen LogP contribution in [0.2, 0.25) is 6.32 Å². The van der Waals surface area contributed by atoms with Crippen molar-refractivity contribution in [3.63, 3.8) is 0 Å². The number of rotatable bonds is 24. The molecule has 0 saturated carbocycles. The number of hydrogen-bond donors (Lipinski definition) is 4. The van der Waals surface area contributed by atoms with Gasteiger partial charge in [0.15, 0.2) is 0 Å². The molecule has 2 saturated heterocycles. The molecule has 16 heteroatoms. The van der Waals surface area contributed by atoms with Crippen molar-refractivity contribution >= 4 is 72.9 Å². The maximum absolute atomic E-state index is 14.3. The number of likely N-dealkylation sites (tertiary alicyclic amines) is 1. The van der Waals surface area contributed by atoms with E-state index in [0.29, 0.717) is 12.3 Å². The Balaban J connectivity index is 0.000000178. The molecular weight excluding hydrogens is 1440 g/mol. The summed E-state index contributed by atoms with van der Waals surface area (Å²) in [5.74, 6) is 0.637. The third kappa shape index (κ3) is 24.7. The zero-order valence-corrected chi connectivity index (χ0v) is 70.5. The normalized spacial score (nSPS) is 15.3. The van der Waals surface area contributed by atoms with Gasteiger partial charge in [-0.1, -0.05) is 297 Å². The van der Waals surface area contributed by atoms with Gasteiger partial charge in [0.05, 0.1) is 17.2 Å². The highest BCUT2D eigenvalue weighted by atomic mass is 31.2. The number of allylic oxidation sites excluding steroid dienone is 3. The molecule has 2 heterocycles. The van der Waals surface area contributed by atoms with Crippen molar-refractivity contribution < 1.29 is 32.9 Å². The standard InChI is InChI=1S/2C23H24NOP.C21H34N2O2.C19H16NOP.C10H19BO2/c1-3-19(2)23(20-13-7-4-8-14-20)24-26(25,21-15-9-5-10-16-21)22-17-11-6-12-18-22;1-2-3-19-23(20-13-7-4-8-14-20)24-26(25,21-15-9-5-10-16-21)22-17-11-6-12-18-22;1-20(2,3)16-11-9-10-15(17(16)24)14-22-18(21(4,5)6)19(25)23-12-7-8-13-23;21-22(18-12-6-2-7-13-18,19-14-8-3-9-15-19)20-16-17-10-4-1-5-11-17;1-6-7-8-11-12-9(2,3)10(4,5)13-11/h3-19,23H,1H2,2H3,(H,24,25);2-18,23H,19H2,1H3,(H,24,25);9-11,18,22,24H,7-8,12-14H2,1-6H3;1-16H;6-7H,8H2,1-5H3/b;;;;7-6+/t19-,23-;23-;18-;;/m111../s1.